The molecule has 3 aliphatic carbocycles. The molecule has 0 amide bonds. The molecule has 3 N–H and O–H groups in total. The molecule has 190 valence electrons. The predicted octanol–water partition coefficient (Wildman–Crippen LogP) is 4.88. The number of aliphatic hydroxyl groups is 3. The molecule has 5 nitrogen and oxygen atoms in total. The van der Waals surface area contributed by atoms with Crippen LogP contribution in [0.4, 0.5) is 0 Å². The number of allylic oxidation sites excluding steroid dienone is 4. The second kappa shape index (κ2) is 10.5. The van der Waals surface area contributed by atoms with Crippen molar-refractivity contribution in [1.29, 1.82) is 0 Å². The third-order valence-corrected chi connectivity index (χ3v) is 8.98. The summed E-state index contributed by atoms with van der Waals surface area (Å²) in [6, 6.07) is 0. The van der Waals surface area contributed by atoms with Crippen LogP contribution in [0.1, 0.15) is 72.6 Å². The Bertz CT molecular complexity index is 866. The van der Waals surface area contributed by atoms with E-state index in [-0.39, 0.29) is 5.41 Å². The van der Waals surface area contributed by atoms with E-state index in [2.05, 4.69) is 38.7 Å². The molecule has 0 aliphatic heterocycles. The second-order valence-corrected chi connectivity index (χ2v) is 11.6. The molecule has 0 saturated heterocycles. The largest absolute Gasteiger partial charge is 0.469 e. The summed E-state index contributed by atoms with van der Waals surface area (Å²) in [6.07, 6.45) is 12.7. The van der Waals surface area contributed by atoms with Gasteiger partial charge in [-0.2, -0.15) is 0 Å². The lowest BCUT2D eigenvalue weighted by Crippen LogP contribution is -2.37. The number of rotatable bonds is 6. The molecule has 0 aromatic carbocycles. The fourth-order valence-electron chi connectivity index (χ4n) is 6.65. The first-order valence-corrected chi connectivity index (χ1v) is 12.8. The van der Waals surface area contributed by atoms with Gasteiger partial charge in [-0.1, -0.05) is 50.3 Å². The average molecular weight is 473 g/mol. The Labute approximate surface area is 205 Å². The van der Waals surface area contributed by atoms with Gasteiger partial charge in [-0.25, -0.2) is 0 Å². The summed E-state index contributed by atoms with van der Waals surface area (Å²) in [6.45, 7) is 12.1. The van der Waals surface area contributed by atoms with Crippen molar-refractivity contribution in [3.05, 3.63) is 47.6 Å². The van der Waals surface area contributed by atoms with Gasteiger partial charge < -0.3 is 20.1 Å². The highest BCUT2D eigenvalue weighted by Gasteiger charge is 2.50. The first-order chi connectivity index (χ1) is 15.9. The quantitative estimate of drug-likeness (QED) is 0.379. The van der Waals surface area contributed by atoms with Crippen LogP contribution in [-0.2, 0) is 9.53 Å². The van der Waals surface area contributed by atoms with Crippen LogP contribution in [0, 0.1) is 28.6 Å². The second-order valence-electron chi connectivity index (χ2n) is 11.6. The molecule has 0 aromatic rings. The van der Waals surface area contributed by atoms with Crippen molar-refractivity contribution in [2.24, 2.45) is 28.6 Å². The van der Waals surface area contributed by atoms with E-state index < -0.39 is 29.7 Å². The molecule has 0 unspecified atom stereocenters. The number of carbonyl (C=O) groups is 1. The smallest absolute Gasteiger partial charge is 0.314 e. The van der Waals surface area contributed by atoms with E-state index in [9.17, 15) is 20.1 Å². The summed E-state index contributed by atoms with van der Waals surface area (Å²) in [5, 5.41) is 30.8. The summed E-state index contributed by atoms with van der Waals surface area (Å²) < 4.78 is 4.85. The molecule has 0 heterocycles. The van der Waals surface area contributed by atoms with E-state index in [1.807, 2.05) is 0 Å². The first kappa shape index (κ1) is 26.9. The maximum atomic E-state index is 12.0. The van der Waals surface area contributed by atoms with Gasteiger partial charge in [-0.3, -0.25) is 4.79 Å². The zero-order valence-corrected chi connectivity index (χ0v) is 21.6. The first-order valence-electron chi connectivity index (χ1n) is 12.8. The molecule has 0 spiro atoms. The molecule has 5 heteroatoms. The molecule has 0 aromatic heterocycles. The minimum absolute atomic E-state index is 0.192. The third-order valence-electron chi connectivity index (χ3n) is 8.98. The Balaban J connectivity index is 1.75. The van der Waals surface area contributed by atoms with Crippen molar-refractivity contribution < 1.29 is 24.9 Å². The highest BCUT2D eigenvalue weighted by atomic mass is 16.5. The van der Waals surface area contributed by atoms with E-state index in [0.29, 0.717) is 30.6 Å². The molecule has 3 aliphatic rings. The highest BCUT2D eigenvalue weighted by Crippen LogP contribution is 2.59. The molecule has 0 radical (unpaired) electrons. The number of fused-ring (bicyclic) bond motifs is 1. The summed E-state index contributed by atoms with van der Waals surface area (Å²) in [7, 11) is 1.35. The predicted molar refractivity (Wildman–Crippen MR) is 135 cm³/mol. The average Bonchev–Trinajstić information content (AvgIpc) is 3.15. The molecule has 3 rings (SSSR count). The van der Waals surface area contributed by atoms with Gasteiger partial charge in [-0.05, 0) is 86.7 Å². The molecule has 0 bridgehead atoms. The molecule has 3 saturated carbocycles. The van der Waals surface area contributed by atoms with Gasteiger partial charge in [0.25, 0.3) is 0 Å². The summed E-state index contributed by atoms with van der Waals surface area (Å²) in [4.78, 5) is 12.0. The summed E-state index contributed by atoms with van der Waals surface area (Å²) in [5.74, 6) is 0.898. The normalized spacial score (nSPS) is 36.6. The zero-order valence-electron chi connectivity index (χ0n) is 21.6. The fraction of sp³-hybridized carbons (Fsp3) is 0.690. The van der Waals surface area contributed by atoms with E-state index in [4.69, 9.17) is 4.74 Å². The van der Waals surface area contributed by atoms with Crippen molar-refractivity contribution in [2.45, 2.75) is 91.0 Å². The van der Waals surface area contributed by atoms with Crippen LogP contribution in [0.2, 0.25) is 0 Å². The lowest BCUT2D eigenvalue weighted by molar-refractivity contribution is -0.155. The zero-order chi connectivity index (χ0) is 25.3. The van der Waals surface area contributed by atoms with Gasteiger partial charge in [0.05, 0.1) is 30.8 Å². The fourth-order valence-corrected chi connectivity index (χ4v) is 6.65. The summed E-state index contributed by atoms with van der Waals surface area (Å²) in [5.41, 5.74) is 2.37. The molecule has 34 heavy (non-hydrogen) atoms. The van der Waals surface area contributed by atoms with Crippen molar-refractivity contribution >= 4 is 5.97 Å². The van der Waals surface area contributed by atoms with Gasteiger partial charge in [-0.15, -0.1) is 0 Å². The number of carbonyl (C=O) groups excluding carboxylic acids is 1. The van der Waals surface area contributed by atoms with Crippen LogP contribution in [0.3, 0.4) is 0 Å². The van der Waals surface area contributed by atoms with Gasteiger partial charge >= 0.3 is 5.97 Å². The molecule has 3 fully saturated rings. The van der Waals surface area contributed by atoms with Crippen LogP contribution in [0.25, 0.3) is 0 Å². The number of methoxy groups -OCH3 is 1. The van der Waals surface area contributed by atoms with Crippen LogP contribution in [0.15, 0.2) is 47.6 Å². The van der Waals surface area contributed by atoms with Crippen LogP contribution < -0.4 is 0 Å². The SMILES string of the molecule is C=C1/C(=C\C=C2/CCC[C@]3(C)[C@@H]([C@H](C)/C=C/[C@@H](O)C(C)(C)C(=O)OC)CC[C@@H]23)C[C@@H](O)C[C@@H]1O. The van der Waals surface area contributed by atoms with E-state index in [0.717, 1.165) is 36.8 Å². The number of hydrogen-bond acceptors (Lipinski definition) is 5. The minimum Gasteiger partial charge on any atom is -0.469 e. The maximum Gasteiger partial charge on any atom is 0.314 e. The lowest BCUT2D eigenvalue weighted by Gasteiger charge is -2.44. The van der Waals surface area contributed by atoms with Crippen molar-refractivity contribution in [3.8, 4) is 0 Å². The van der Waals surface area contributed by atoms with Crippen LogP contribution in [-0.4, -0.2) is 46.7 Å². The molecular weight excluding hydrogens is 428 g/mol. The topological polar surface area (TPSA) is 87.0 Å². The molecular formula is C29H44O5. The van der Waals surface area contributed by atoms with E-state index in [1.165, 1.54) is 19.1 Å². The Hall–Kier alpha value is -1.69. The number of aliphatic hydroxyl groups excluding tert-OH is 3. The van der Waals surface area contributed by atoms with Gasteiger partial charge in [0, 0.05) is 6.42 Å². The van der Waals surface area contributed by atoms with Crippen LogP contribution in [0.5, 0.6) is 0 Å². The number of ether oxygens (including phenoxy) is 1. The molecule has 7 atom stereocenters. The van der Waals surface area contributed by atoms with Gasteiger partial charge in [0.1, 0.15) is 0 Å². The van der Waals surface area contributed by atoms with E-state index >= 15 is 0 Å². The Morgan fingerprint density at radius 1 is 1.24 bits per heavy atom. The number of esters is 1. The van der Waals surface area contributed by atoms with Crippen molar-refractivity contribution in [2.75, 3.05) is 7.11 Å². The summed E-state index contributed by atoms with van der Waals surface area (Å²) >= 11 is 0. The van der Waals surface area contributed by atoms with Crippen molar-refractivity contribution in [1.82, 2.24) is 0 Å². The van der Waals surface area contributed by atoms with Gasteiger partial charge in [0.15, 0.2) is 0 Å². The van der Waals surface area contributed by atoms with Gasteiger partial charge in [0.2, 0.25) is 0 Å². The Morgan fingerprint density at radius 3 is 2.62 bits per heavy atom. The minimum atomic E-state index is -0.981. The Kier molecular flexibility index (Phi) is 8.32. The monoisotopic (exact) mass is 472 g/mol. The van der Waals surface area contributed by atoms with E-state index in [1.54, 1.807) is 19.9 Å². The lowest BCUT2D eigenvalue weighted by atomic mass is 9.61. The van der Waals surface area contributed by atoms with Crippen molar-refractivity contribution in [3.63, 3.8) is 0 Å². The third kappa shape index (κ3) is 5.27. The maximum absolute atomic E-state index is 12.0. The number of hydrogen-bond donors (Lipinski definition) is 3. The highest BCUT2D eigenvalue weighted by molar-refractivity contribution is 5.76. The standard InChI is InChI=1S/C29H44O5/c1-18(9-14-26(32)28(3,4)27(33)34-6)23-12-13-24-20(8-7-15-29(23,24)5)10-11-21-16-22(30)17-25(31)19(21)2/h9-11,14,18,22-26,30-32H,2,7-8,12-13,15-17H2,1,3-6H3/b14-9+,20-10+,21-11-/t18-,22-,23-,24+,25+,26-,29-/m1/s1. The van der Waals surface area contributed by atoms with Crippen LogP contribution >= 0.6 is 0 Å². The Morgan fingerprint density at radius 2 is 1.94 bits per heavy atom.